The fourth-order valence-electron chi connectivity index (χ4n) is 2.35. The first-order chi connectivity index (χ1) is 11.5. The maximum absolute atomic E-state index is 13.0. The van der Waals surface area contributed by atoms with E-state index in [2.05, 4.69) is 4.98 Å². The van der Waals surface area contributed by atoms with Crippen LogP contribution in [0.15, 0.2) is 41.4 Å². The summed E-state index contributed by atoms with van der Waals surface area (Å²) in [4.78, 5) is 29.2. The molecule has 1 unspecified atom stereocenters. The van der Waals surface area contributed by atoms with Crippen molar-refractivity contribution in [3.8, 4) is 17.3 Å². The molecule has 7 heteroatoms. The summed E-state index contributed by atoms with van der Waals surface area (Å²) < 4.78 is 13.0. The molecule has 1 aromatic heterocycles. The zero-order valence-electron chi connectivity index (χ0n) is 12.7. The van der Waals surface area contributed by atoms with Gasteiger partial charge in [-0.3, -0.25) is 14.5 Å². The molecule has 0 N–H and O–H groups in total. The van der Waals surface area contributed by atoms with Gasteiger partial charge in [0.15, 0.2) is 0 Å². The number of nitriles is 1. The third kappa shape index (κ3) is 3.01. The SMILES string of the molecule is CN1C(=O)CC(Sc2nc(-c3ccc(F)cc3)ccc2C#N)C1=O. The Labute approximate surface area is 142 Å². The molecular formula is C17H12FN3O2S. The van der Waals surface area contributed by atoms with E-state index >= 15 is 0 Å². The van der Waals surface area contributed by atoms with E-state index in [1.807, 2.05) is 6.07 Å². The third-order valence-electron chi connectivity index (χ3n) is 3.71. The van der Waals surface area contributed by atoms with Gasteiger partial charge in [0.2, 0.25) is 11.8 Å². The average molecular weight is 341 g/mol. The van der Waals surface area contributed by atoms with Gasteiger partial charge in [0.05, 0.1) is 16.5 Å². The molecule has 1 aliphatic rings. The van der Waals surface area contributed by atoms with Crippen LogP contribution in [0.4, 0.5) is 4.39 Å². The van der Waals surface area contributed by atoms with Gasteiger partial charge in [-0.1, -0.05) is 11.8 Å². The molecule has 2 heterocycles. The molecule has 1 atom stereocenters. The molecule has 0 spiro atoms. The molecule has 1 aromatic carbocycles. The van der Waals surface area contributed by atoms with E-state index in [0.29, 0.717) is 21.8 Å². The lowest BCUT2D eigenvalue weighted by atomic mass is 10.1. The van der Waals surface area contributed by atoms with Crippen LogP contribution in [0.1, 0.15) is 12.0 Å². The molecule has 24 heavy (non-hydrogen) atoms. The number of aromatic nitrogens is 1. The Kier molecular flexibility index (Phi) is 4.32. The van der Waals surface area contributed by atoms with E-state index in [4.69, 9.17) is 0 Å². The number of carbonyl (C=O) groups excluding carboxylic acids is 2. The molecule has 0 bridgehead atoms. The summed E-state index contributed by atoms with van der Waals surface area (Å²) in [5.74, 6) is -0.881. The Morgan fingerprint density at radius 1 is 1.25 bits per heavy atom. The van der Waals surface area contributed by atoms with Gasteiger partial charge in [-0.2, -0.15) is 5.26 Å². The second-order valence-electron chi connectivity index (χ2n) is 5.27. The van der Waals surface area contributed by atoms with Crippen molar-refractivity contribution in [2.45, 2.75) is 16.7 Å². The highest BCUT2D eigenvalue weighted by Gasteiger charge is 2.37. The second-order valence-corrected chi connectivity index (χ2v) is 6.46. The standard InChI is InChI=1S/C17H12FN3O2S/c1-21-15(22)8-14(17(21)23)24-16-11(9-19)4-7-13(20-16)10-2-5-12(18)6-3-10/h2-7,14H,8H2,1H3. The number of hydrogen-bond donors (Lipinski definition) is 0. The fourth-order valence-corrected chi connectivity index (χ4v) is 3.49. The smallest absolute Gasteiger partial charge is 0.242 e. The van der Waals surface area contributed by atoms with Crippen molar-refractivity contribution in [1.29, 1.82) is 5.26 Å². The van der Waals surface area contributed by atoms with E-state index in [0.717, 1.165) is 16.7 Å². The normalized spacial score (nSPS) is 17.2. The largest absolute Gasteiger partial charge is 0.285 e. The summed E-state index contributed by atoms with van der Waals surface area (Å²) in [6.45, 7) is 0. The Morgan fingerprint density at radius 2 is 1.96 bits per heavy atom. The van der Waals surface area contributed by atoms with Gasteiger partial charge < -0.3 is 0 Å². The van der Waals surface area contributed by atoms with Crippen LogP contribution in [0.3, 0.4) is 0 Å². The van der Waals surface area contributed by atoms with Crippen LogP contribution in [0.25, 0.3) is 11.3 Å². The lowest BCUT2D eigenvalue weighted by Crippen LogP contribution is -2.26. The molecule has 1 fully saturated rings. The topological polar surface area (TPSA) is 74.1 Å². The highest BCUT2D eigenvalue weighted by Crippen LogP contribution is 2.33. The molecule has 0 aliphatic carbocycles. The minimum atomic E-state index is -0.578. The minimum Gasteiger partial charge on any atom is -0.285 e. The molecule has 1 aliphatic heterocycles. The van der Waals surface area contributed by atoms with Crippen molar-refractivity contribution in [2.24, 2.45) is 0 Å². The number of imide groups is 1. The maximum Gasteiger partial charge on any atom is 0.242 e. The van der Waals surface area contributed by atoms with E-state index in [1.165, 1.54) is 19.2 Å². The van der Waals surface area contributed by atoms with Crippen LogP contribution in [0.2, 0.25) is 0 Å². The average Bonchev–Trinajstić information content (AvgIpc) is 2.82. The Balaban J connectivity index is 1.93. The quantitative estimate of drug-likeness (QED) is 0.802. The lowest BCUT2D eigenvalue weighted by molar-refractivity contribution is -0.136. The van der Waals surface area contributed by atoms with Crippen molar-refractivity contribution in [3.05, 3.63) is 47.8 Å². The van der Waals surface area contributed by atoms with Crippen LogP contribution in [0.5, 0.6) is 0 Å². The minimum absolute atomic E-state index is 0.0906. The van der Waals surface area contributed by atoms with Gasteiger partial charge in [0.25, 0.3) is 0 Å². The van der Waals surface area contributed by atoms with Crippen molar-refractivity contribution in [3.63, 3.8) is 0 Å². The van der Waals surface area contributed by atoms with Crippen molar-refractivity contribution in [1.82, 2.24) is 9.88 Å². The zero-order chi connectivity index (χ0) is 17.3. The summed E-state index contributed by atoms with van der Waals surface area (Å²) in [6, 6.07) is 11.2. The molecule has 3 rings (SSSR count). The molecule has 5 nitrogen and oxygen atoms in total. The number of halogens is 1. The van der Waals surface area contributed by atoms with Crippen molar-refractivity contribution in [2.75, 3.05) is 7.05 Å². The van der Waals surface area contributed by atoms with Crippen molar-refractivity contribution >= 4 is 23.6 Å². The van der Waals surface area contributed by atoms with Gasteiger partial charge in [0.1, 0.15) is 16.9 Å². The van der Waals surface area contributed by atoms with Crippen LogP contribution < -0.4 is 0 Å². The highest BCUT2D eigenvalue weighted by molar-refractivity contribution is 8.00. The lowest BCUT2D eigenvalue weighted by Gasteiger charge is -2.10. The predicted octanol–water partition coefficient (Wildman–Crippen LogP) is 2.61. The third-order valence-corrected chi connectivity index (χ3v) is 4.90. The Bertz CT molecular complexity index is 861. The fraction of sp³-hybridized carbons (Fsp3) is 0.176. The zero-order valence-corrected chi connectivity index (χ0v) is 13.5. The summed E-state index contributed by atoms with van der Waals surface area (Å²) in [6.07, 6.45) is 0.0906. The monoisotopic (exact) mass is 341 g/mol. The van der Waals surface area contributed by atoms with Crippen LogP contribution in [0, 0.1) is 17.1 Å². The van der Waals surface area contributed by atoms with Crippen LogP contribution >= 0.6 is 11.8 Å². The van der Waals surface area contributed by atoms with Gasteiger partial charge in [0, 0.05) is 19.0 Å². The first kappa shape index (κ1) is 16.1. The summed E-state index contributed by atoms with van der Waals surface area (Å²) in [5, 5.41) is 9.06. The number of likely N-dealkylation sites (tertiary alicyclic amines) is 1. The summed E-state index contributed by atoms with van der Waals surface area (Å²) in [7, 11) is 1.44. The highest BCUT2D eigenvalue weighted by atomic mass is 32.2. The molecule has 1 saturated heterocycles. The maximum atomic E-state index is 13.0. The number of nitrogens with zero attached hydrogens (tertiary/aromatic N) is 3. The summed E-state index contributed by atoms with van der Waals surface area (Å²) >= 11 is 1.11. The van der Waals surface area contributed by atoms with Gasteiger partial charge in [-0.25, -0.2) is 9.37 Å². The molecule has 0 saturated carbocycles. The molecule has 120 valence electrons. The van der Waals surface area contributed by atoms with E-state index in [-0.39, 0.29) is 24.1 Å². The number of rotatable bonds is 3. The predicted molar refractivity (Wildman–Crippen MR) is 86.4 cm³/mol. The first-order valence-corrected chi connectivity index (χ1v) is 8.01. The van der Waals surface area contributed by atoms with Crippen LogP contribution in [-0.2, 0) is 9.59 Å². The second kappa shape index (κ2) is 6.42. The molecule has 2 amide bonds. The Morgan fingerprint density at radius 3 is 2.54 bits per heavy atom. The Hall–Kier alpha value is -2.72. The van der Waals surface area contributed by atoms with Crippen LogP contribution in [-0.4, -0.2) is 34.0 Å². The van der Waals surface area contributed by atoms with E-state index < -0.39 is 5.25 Å². The van der Waals surface area contributed by atoms with Gasteiger partial charge in [-0.05, 0) is 36.4 Å². The van der Waals surface area contributed by atoms with E-state index in [1.54, 1.807) is 24.3 Å². The number of carbonyl (C=O) groups is 2. The first-order valence-electron chi connectivity index (χ1n) is 7.13. The molecule has 0 radical (unpaired) electrons. The van der Waals surface area contributed by atoms with Crippen molar-refractivity contribution < 1.29 is 14.0 Å². The number of amides is 2. The van der Waals surface area contributed by atoms with E-state index in [9.17, 15) is 19.2 Å². The van der Waals surface area contributed by atoms with Gasteiger partial charge >= 0.3 is 0 Å². The van der Waals surface area contributed by atoms with Gasteiger partial charge in [-0.15, -0.1) is 0 Å². The molecule has 2 aromatic rings. The number of pyridine rings is 1. The summed E-state index contributed by atoms with van der Waals surface area (Å²) in [5.41, 5.74) is 1.61. The number of benzene rings is 1. The number of thioether (sulfide) groups is 1. The number of hydrogen-bond acceptors (Lipinski definition) is 5. The molecular weight excluding hydrogens is 329 g/mol.